The standard InChI is InChI=1S/C19H23FN2O3S/c1-14(16-6-8-17(20)9-7-16)13-19(23)22-12-2-3-15-4-10-18(11-5-15)26(21,24)25/h4-11,14H,2-3,12-13H2,1H3,(H,22,23)(H2,21,24,25). The van der Waals surface area contributed by atoms with Gasteiger partial charge in [-0.1, -0.05) is 31.2 Å². The van der Waals surface area contributed by atoms with Crippen LogP contribution in [0.5, 0.6) is 0 Å². The predicted octanol–water partition coefficient (Wildman–Crippen LogP) is 2.72. The molecule has 2 rings (SSSR count). The minimum Gasteiger partial charge on any atom is -0.356 e. The number of nitrogens with one attached hydrogen (secondary N) is 1. The van der Waals surface area contributed by atoms with Crippen LogP contribution in [0.15, 0.2) is 53.4 Å². The lowest BCUT2D eigenvalue weighted by molar-refractivity contribution is -0.121. The van der Waals surface area contributed by atoms with Crippen LogP contribution < -0.4 is 10.5 Å². The molecule has 2 aromatic carbocycles. The van der Waals surface area contributed by atoms with E-state index in [4.69, 9.17) is 5.14 Å². The Bertz CT molecular complexity index is 834. The maximum Gasteiger partial charge on any atom is 0.238 e. The summed E-state index contributed by atoms with van der Waals surface area (Å²) in [4.78, 5) is 12.1. The van der Waals surface area contributed by atoms with Crippen molar-refractivity contribution in [3.8, 4) is 0 Å². The van der Waals surface area contributed by atoms with Crippen molar-refractivity contribution >= 4 is 15.9 Å². The lowest BCUT2D eigenvalue weighted by atomic mass is 9.97. The number of amides is 1. The third-order valence-corrected chi connectivity index (χ3v) is 5.08. The third kappa shape index (κ3) is 6.24. The predicted molar refractivity (Wildman–Crippen MR) is 98.6 cm³/mol. The van der Waals surface area contributed by atoms with Crippen LogP contribution >= 0.6 is 0 Å². The second-order valence-electron chi connectivity index (χ2n) is 6.30. The summed E-state index contributed by atoms with van der Waals surface area (Å²) in [5.74, 6) is -0.324. The molecule has 0 spiro atoms. The third-order valence-electron chi connectivity index (χ3n) is 4.15. The number of benzene rings is 2. The van der Waals surface area contributed by atoms with Crippen LogP contribution in [0.3, 0.4) is 0 Å². The van der Waals surface area contributed by atoms with Crippen molar-refractivity contribution in [1.29, 1.82) is 0 Å². The molecule has 0 aliphatic carbocycles. The Morgan fingerprint density at radius 1 is 1.12 bits per heavy atom. The van der Waals surface area contributed by atoms with Gasteiger partial charge in [0.2, 0.25) is 15.9 Å². The molecule has 2 aromatic rings. The number of hydrogen-bond donors (Lipinski definition) is 2. The molecule has 0 aromatic heterocycles. The smallest absolute Gasteiger partial charge is 0.238 e. The molecule has 5 nitrogen and oxygen atoms in total. The number of nitrogens with two attached hydrogens (primary N) is 1. The summed E-state index contributed by atoms with van der Waals surface area (Å²) < 4.78 is 35.3. The zero-order chi connectivity index (χ0) is 19.2. The Balaban J connectivity index is 1.72. The fraction of sp³-hybridized carbons (Fsp3) is 0.316. The maximum absolute atomic E-state index is 12.9. The number of carbonyl (C=O) groups excluding carboxylic acids is 1. The van der Waals surface area contributed by atoms with Crippen molar-refractivity contribution in [2.45, 2.75) is 37.0 Å². The zero-order valence-corrected chi connectivity index (χ0v) is 15.4. The van der Waals surface area contributed by atoms with Crippen molar-refractivity contribution in [2.75, 3.05) is 6.54 Å². The van der Waals surface area contributed by atoms with Crippen molar-refractivity contribution < 1.29 is 17.6 Å². The minimum absolute atomic E-state index is 0.0151. The van der Waals surface area contributed by atoms with Crippen LogP contribution in [0.25, 0.3) is 0 Å². The molecule has 0 saturated heterocycles. The van der Waals surface area contributed by atoms with Crippen LogP contribution in [0, 0.1) is 5.82 Å². The topological polar surface area (TPSA) is 89.3 Å². The Kier molecular flexibility index (Phi) is 6.88. The van der Waals surface area contributed by atoms with Gasteiger partial charge in [0.25, 0.3) is 0 Å². The van der Waals surface area contributed by atoms with Gasteiger partial charge < -0.3 is 5.32 Å². The van der Waals surface area contributed by atoms with Crippen molar-refractivity contribution in [3.05, 3.63) is 65.5 Å². The van der Waals surface area contributed by atoms with Crippen LogP contribution in [-0.4, -0.2) is 20.9 Å². The zero-order valence-electron chi connectivity index (χ0n) is 14.6. The fourth-order valence-electron chi connectivity index (χ4n) is 2.63. The quantitative estimate of drug-likeness (QED) is 0.692. The van der Waals surface area contributed by atoms with Crippen LogP contribution in [0.2, 0.25) is 0 Å². The number of rotatable bonds is 8. The van der Waals surface area contributed by atoms with Crippen LogP contribution in [0.1, 0.15) is 36.8 Å². The monoisotopic (exact) mass is 378 g/mol. The molecule has 0 radical (unpaired) electrons. The van der Waals surface area contributed by atoms with E-state index < -0.39 is 10.0 Å². The number of hydrogen-bond acceptors (Lipinski definition) is 3. The van der Waals surface area contributed by atoms with E-state index in [1.54, 1.807) is 24.3 Å². The molecule has 1 amide bonds. The number of carbonyl (C=O) groups is 1. The molecule has 0 heterocycles. The Hall–Kier alpha value is -2.25. The van der Waals surface area contributed by atoms with Gasteiger partial charge in [0.05, 0.1) is 4.90 Å². The summed E-state index contributed by atoms with van der Waals surface area (Å²) in [5.41, 5.74) is 1.91. The largest absolute Gasteiger partial charge is 0.356 e. The highest BCUT2D eigenvalue weighted by molar-refractivity contribution is 7.89. The van der Waals surface area contributed by atoms with Gasteiger partial charge in [0.15, 0.2) is 0 Å². The first kappa shape index (κ1) is 20.1. The first-order chi connectivity index (χ1) is 12.3. The van der Waals surface area contributed by atoms with E-state index in [0.29, 0.717) is 13.0 Å². The van der Waals surface area contributed by atoms with Crippen LogP contribution in [0.4, 0.5) is 4.39 Å². The second kappa shape index (κ2) is 8.91. The summed E-state index contributed by atoms with van der Waals surface area (Å²) in [5, 5.41) is 7.93. The number of primary sulfonamides is 1. The lowest BCUT2D eigenvalue weighted by Crippen LogP contribution is -2.25. The molecule has 0 saturated carbocycles. The highest BCUT2D eigenvalue weighted by Crippen LogP contribution is 2.19. The van der Waals surface area contributed by atoms with E-state index in [1.807, 2.05) is 6.92 Å². The second-order valence-corrected chi connectivity index (χ2v) is 7.86. The number of halogens is 1. The number of aryl methyl sites for hydroxylation is 1. The normalized spacial score (nSPS) is 12.6. The van der Waals surface area contributed by atoms with Gasteiger partial charge in [-0.05, 0) is 54.2 Å². The van der Waals surface area contributed by atoms with E-state index in [0.717, 1.165) is 24.0 Å². The van der Waals surface area contributed by atoms with Gasteiger partial charge in [-0.2, -0.15) is 0 Å². The molecule has 0 aliphatic heterocycles. The van der Waals surface area contributed by atoms with Gasteiger partial charge in [-0.3, -0.25) is 4.79 Å². The van der Waals surface area contributed by atoms with Crippen molar-refractivity contribution in [2.24, 2.45) is 5.14 Å². The molecule has 0 aliphatic rings. The van der Waals surface area contributed by atoms with E-state index in [2.05, 4.69) is 5.32 Å². The first-order valence-electron chi connectivity index (χ1n) is 8.39. The molecule has 0 fully saturated rings. The Labute approximate surface area is 153 Å². The van der Waals surface area contributed by atoms with Crippen molar-refractivity contribution in [1.82, 2.24) is 5.32 Å². The molecule has 140 valence electrons. The molecule has 1 unspecified atom stereocenters. The molecule has 0 bridgehead atoms. The SMILES string of the molecule is CC(CC(=O)NCCCc1ccc(S(N)(=O)=O)cc1)c1ccc(F)cc1. The minimum atomic E-state index is -3.67. The summed E-state index contributed by atoms with van der Waals surface area (Å²) in [6.07, 6.45) is 1.80. The summed E-state index contributed by atoms with van der Waals surface area (Å²) in [7, 11) is -3.67. The van der Waals surface area contributed by atoms with E-state index >= 15 is 0 Å². The average molecular weight is 378 g/mol. The van der Waals surface area contributed by atoms with E-state index in [1.165, 1.54) is 24.3 Å². The van der Waals surface area contributed by atoms with Gasteiger partial charge in [-0.15, -0.1) is 0 Å². The summed E-state index contributed by atoms with van der Waals surface area (Å²) >= 11 is 0. The van der Waals surface area contributed by atoms with Gasteiger partial charge in [0.1, 0.15) is 5.82 Å². The lowest BCUT2D eigenvalue weighted by Gasteiger charge is -2.12. The average Bonchev–Trinajstić information content (AvgIpc) is 2.59. The molecular weight excluding hydrogens is 355 g/mol. The van der Waals surface area contributed by atoms with Gasteiger partial charge in [0, 0.05) is 13.0 Å². The summed E-state index contributed by atoms with van der Waals surface area (Å²) in [6, 6.07) is 12.6. The molecule has 1 atom stereocenters. The van der Waals surface area contributed by atoms with Gasteiger partial charge >= 0.3 is 0 Å². The Morgan fingerprint density at radius 3 is 2.31 bits per heavy atom. The van der Waals surface area contributed by atoms with Gasteiger partial charge in [-0.25, -0.2) is 17.9 Å². The van der Waals surface area contributed by atoms with Crippen LogP contribution in [-0.2, 0) is 21.2 Å². The number of sulfonamides is 1. The van der Waals surface area contributed by atoms with E-state index in [-0.39, 0.29) is 22.5 Å². The van der Waals surface area contributed by atoms with E-state index in [9.17, 15) is 17.6 Å². The molecule has 3 N–H and O–H groups in total. The summed E-state index contributed by atoms with van der Waals surface area (Å²) in [6.45, 7) is 2.46. The van der Waals surface area contributed by atoms with Crippen molar-refractivity contribution in [3.63, 3.8) is 0 Å². The highest BCUT2D eigenvalue weighted by atomic mass is 32.2. The molecule has 7 heteroatoms. The Morgan fingerprint density at radius 2 is 1.73 bits per heavy atom. The molecule has 26 heavy (non-hydrogen) atoms. The highest BCUT2D eigenvalue weighted by Gasteiger charge is 2.11. The molecular formula is C19H23FN2O3S. The maximum atomic E-state index is 12.9. The first-order valence-corrected chi connectivity index (χ1v) is 9.94. The fourth-order valence-corrected chi connectivity index (χ4v) is 3.14.